The van der Waals surface area contributed by atoms with E-state index in [0.717, 1.165) is 4.96 Å². The van der Waals surface area contributed by atoms with Gasteiger partial charge < -0.3 is 25.2 Å². The molecule has 0 saturated carbocycles. The number of nitrogens with one attached hydrogen (secondary N) is 1. The molecule has 1 aliphatic heterocycles. The third-order valence-corrected chi connectivity index (χ3v) is 5.03. The Balaban J connectivity index is 1.46. The molecular weight excluding hydrogens is 357 g/mol. The number of amides is 1. The molecule has 3 aromatic rings. The number of hydrogen-bond acceptors (Lipinski definition) is 7. The number of carbonyl (C=O) groups is 1. The number of benzene rings is 1. The molecule has 4 rings (SSSR count). The minimum absolute atomic E-state index is 0.0971. The highest BCUT2D eigenvalue weighted by atomic mass is 32.1. The van der Waals surface area contributed by atoms with E-state index in [0.29, 0.717) is 17.7 Å². The molecule has 0 saturated heterocycles. The van der Waals surface area contributed by atoms with E-state index in [1.807, 2.05) is 16.0 Å². The summed E-state index contributed by atoms with van der Waals surface area (Å²) in [4.78, 5) is 17.5. The lowest BCUT2D eigenvalue weighted by Gasteiger charge is -2.29. The number of nitrogens with zero attached hydrogens (tertiary/aromatic N) is 2. The van der Waals surface area contributed by atoms with Crippen LogP contribution in [-0.4, -0.2) is 43.6 Å². The van der Waals surface area contributed by atoms with Crippen LogP contribution >= 0.6 is 11.3 Å². The molecule has 1 atom stereocenters. The molecule has 10 heteroatoms. The number of imidazole rings is 1. The van der Waals surface area contributed by atoms with Crippen molar-refractivity contribution >= 4 is 29.3 Å². The molecule has 8 nitrogen and oxygen atoms in total. The summed E-state index contributed by atoms with van der Waals surface area (Å²) in [5, 5.41) is 33.7. The second-order valence-electron chi connectivity index (χ2n) is 6.10. The lowest BCUT2D eigenvalue weighted by molar-refractivity contribution is -0.120. The smallest absolute Gasteiger partial charge is 0.534 e. The van der Waals surface area contributed by atoms with Crippen molar-refractivity contribution in [3.8, 4) is 5.75 Å². The minimum Gasteiger partial charge on any atom is -0.534 e. The van der Waals surface area contributed by atoms with Gasteiger partial charge in [0.15, 0.2) is 11.3 Å². The summed E-state index contributed by atoms with van der Waals surface area (Å²) < 4.78 is 7.28. The number of hydrogen-bond donors (Lipinski definition) is 4. The Kier molecular flexibility index (Phi) is 4.41. The van der Waals surface area contributed by atoms with Gasteiger partial charge in [-0.15, -0.1) is 11.3 Å². The van der Waals surface area contributed by atoms with Gasteiger partial charge in [0.1, 0.15) is 5.75 Å². The van der Waals surface area contributed by atoms with E-state index in [2.05, 4.69) is 10.3 Å². The number of carbonyl (C=O) groups excluding carboxylic acids is 1. The summed E-state index contributed by atoms with van der Waals surface area (Å²) in [5.41, 5.74) is 1.52. The van der Waals surface area contributed by atoms with Crippen LogP contribution in [0.2, 0.25) is 0 Å². The van der Waals surface area contributed by atoms with Crippen molar-refractivity contribution in [2.75, 3.05) is 0 Å². The Morgan fingerprint density at radius 2 is 2.35 bits per heavy atom. The van der Waals surface area contributed by atoms with Gasteiger partial charge in [-0.25, -0.2) is 4.98 Å². The van der Waals surface area contributed by atoms with E-state index >= 15 is 0 Å². The predicted octanol–water partition coefficient (Wildman–Crippen LogP) is 0.0611. The second kappa shape index (κ2) is 6.73. The lowest BCUT2D eigenvalue weighted by Crippen LogP contribution is -2.53. The number of aliphatic hydroxyl groups excluding tert-OH is 1. The number of fused-ring (bicyclic) bond motifs is 2. The summed E-state index contributed by atoms with van der Waals surface area (Å²) in [6, 6.07) is 4.95. The number of rotatable bonds is 4. The fourth-order valence-electron chi connectivity index (χ4n) is 3.06. The van der Waals surface area contributed by atoms with Crippen LogP contribution in [0.5, 0.6) is 5.75 Å². The van der Waals surface area contributed by atoms with Crippen LogP contribution in [0.25, 0.3) is 4.96 Å². The highest BCUT2D eigenvalue weighted by molar-refractivity contribution is 7.15. The summed E-state index contributed by atoms with van der Waals surface area (Å²) in [5.74, 6) is -0.662. The first-order valence-corrected chi connectivity index (χ1v) is 8.92. The van der Waals surface area contributed by atoms with Crippen LogP contribution in [0.4, 0.5) is 0 Å². The molecule has 3 heterocycles. The van der Waals surface area contributed by atoms with Crippen LogP contribution < -0.4 is 9.97 Å². The molecule has 0 spiro atoms. The first kappa shape index (κ1) is 17.0. The zero-order chi connectivity index (χ0) is 18.3. The van der Waals surface area contributed by atoms with E-state index in [4.69, 9.17) is 4.65 Å². The van der Waals surface area contributed by atoms with Gasteiger partial charge in [0.25, 0.3) is 0 Å². The first-order valence-electron chi connectivity index (χ1n) is 8.04. The third kappa shape index (κ3) is 3.19. The fraction of sp³-hybridized carbons (Fsp3) is 0.250. The average molecular weight is 373 g/mol. The number of para-hydroxylation sites is 1. The summed E-state index contributed by atoms with van der Waals surface area (Å²) in [7, 11) is -1.28. The summed E-state index contributed by atoms with van der Waals surface area (Å²) in [6.45, 7) is 0. The molecule has 2 aromatic heterocycles. The highest BCUT2D eigenvalue weighted by Gasteiger charge is 2.37. The van der Waals surface area contributed by atoms with Crippen molar-refractivity contribution in [3.05, 3.63) is 52.8 Å². The summed E-state index contributed by atoms with van der Waals surface area (Å²) >= 11 is 1.49. The zero-order valence-electron chi connectivity index (χ0n) is 13.6. The van der Waals surface area contributed by atoms with Crippen LogP contribution in [0.15, 0.2) is 36.0 Å². The van der Waals surface area contributed by atoms with Crippen LogP contribution in [0.1, 0.15) is 23.1 Å². The maximum atomic E-state index is 12.3. The first-order chi connectivity index (χ1) is 12.5. The SMILES string of the molecule is O=C(Cc1cn2ccsc2n1)N[C@H]1Cc2cccc(C(O)O)c2OB1O. The van der Waals surface area contributed by atoms with Gasteiger partial charge >= 0.3 is 7.12 Å². The topological polar surface area (TPSA) is 116 Å². The number of aliphatic hydroxyl groups is 2. The molecule has 0 aliphatic carbocycles. The monoisotopic (exact) mass is 373 g/mol. The van der Waals surface area contributed by atoms with Crippen LogP contribution in [0.3, 0.4) is 0 Å². The van der Waals surface area contributed by atoms with Gasteiger partial charge in [-0.05, 0) is 12.0 Å². The van der Waals surface area contributed by atoms with E-state index in [1.54, 1.807) is 18.3 Å². The molecule has 0 bridgehead atoms. The molecule has 1 amide bonds. The second-order valence-corrected chi connectivity index (χ2v) is 6.97. The van der Waals surface area contributed by atoms with Crippen molar-refractivity contribution in [3.63, 3.8) is 0 Å². The van der Waals surface area contributed by atoms with Gasteiger partial charge in [-0.2, -0.15) is 0 Å². The molecule has 0 fully saturated rings. The molecule has 1 aliphatic rings. The molecule has 1 aromatic carbocycles. The molecule has 26 heavy (non-hydrogen) atoms. The van der Waals surface area contributed by atoms with Gasteiger partial charge in [0.2, 0.25) is 5.91 Å². The van der Waals surface area contributed by atoms with E-state index in [9.17, 15) is 20.0 Å². The van der Waals surface area contributed by atoms with Crippen molar-refractivity contribution < 1.29 is 24.7 Å². The maximum Gasteiger partial charge on any atom is 0.547 e. The Hall–Kier alpha value is -2.40. The lowest BCUT2D eigenvalue weighted by atomic mass is 9.72. The minimum atomic E-state index is -1.70. The van der Waals surface area contributed by atoms with Gasteiger partial charge in [-0.1, -0.05) is 18.2 Å². The Morgan fingerprint density at radius 1 is 1.50 bits per heavy atom. The van der Waals surface area contributed by atoms with Gasteiger partial charge in [-0.3, -0.25) is 9.20 Å². The largest absolute Gasteiger partial charge is 0.547 e. The van der Waals surface area contributed by atoms with E-state index < -0.39 is 19.3 Å². The van der Waals surface area contributed by atoms with Crippen molar-refractivity contribution in [2.24, 2.45) is 0 Å². The van der Waals surface area contributed by atoms with Crippen molar-refractivity contribution in [1.82, 2.24) is 14.7 Å². The van der Waals surface area contributed by atoms with Gasteiger partial charge in [0, 0.05) is 23.3 Å². The van der Waals surface area contributed by atoms with E-state index in [1.165, 1.54) is 17.4 Å². The van der Waals surface area contributed by atoms with Crippen LogP contribution in [0, 0.1) is 0 Å². The standard InChI is InChI=1S/C16H16BN3O5S/c21-13(7-10-8-20-4-5-26-16(20)18-10)19-12-6-9-2-1-3-11(15(22)23)14(9)25-17(12)24/h1-5,8,12,15,22-24H,6-7H2,(H,19,21)/t12-/m0/s1. The normalized spacial score (nSPS) is 16.6. The molecule has 0 radical (unpaired) electrons. The zero-order valence-corrected chi connectivity index (χ0v) is 14.4. The van der Waals surface area contributed by atoms with Crippen molar-refractivity contribution in [1.29, 1.82) is 0 Å². The average Bonchev–Trinajstić information content (AvgIpc) is 3.16. The van der Waals surface area contributed by atoms with Crippen LogP contribution in [-0.2, 0) is 17.6 Å². The number of aromatic nitrogens is 2. The molecular formula is C16H16BN3O5S. The quantitative estimate of drug-likeness (QED) is 0.380. The summed E-state index contributed by atoms with van der Waals surface area (Å²) in [6.07, 6.45) is 2.39. The molecule has 4 N–H and O–H groups in total. The van der Waals surface area contributed by atoms with Crippen molar-refractivity contribution in [2.45, 2.75) is 25.1 Å². The molecule has 134 valence electrons. The fourth-order valence-corrected chi connectivity index (χ4v) is 3.78. The Bertz CT molecular complexity index is 928. The maximum absolute atomic E-state index is 12.3. The Labute approximate surface area is 152 Å². The Morgan fingerprint density at radius 3 is 3.12 bits per heavy atom. The third-order valence-electron chi connectivity index (χ3n) is 4.26. The number of thiazole rings is 1. The highest BCUT2D eigenvalue weighted by Crippen LogP contribution is 2.32. The molecule has 0 unspecified atom stereocenters. The van der Waals surface area contributed by atoms with Gasteiger partial charge in [0.05, 0.1) is 18.1 Å². The van der Waals surface area contributed by atoms with E-state index in [-0.39, 0.29) is 23.6 Å². The predicted molar refractivity (Wildman–Crippen MR) is 94.6 cm³/mol.